The van der Waals surface area contributed by atoms with Gasteiger partial charge < -0.3 is 9.64 Å². The predicted octanol–water partition coefficient (Wildman–Crippen LogP) is -0.102. The summed E-state index contributed by atoms with van der Waals surface area (Å²) in [5, 5.41) is 3.20. The molecule has 5 heteroatoms. The number of hydrogen-bond acceptors (Lipinski definition) is 4. The first-order valence-corrected chi connectivity index (χ1v) is 6.21. The number of hydrogen-bond donors (Lipinski definition) is 1. The highest BCUT2D eigenvalue weighted by Crippen LogP contribution is 2.12. The van der Waals surface area contributed by atoms with Gasteiger partial charge in [0.25, 0.3) is 0 Å². The van der Waals surface area contributed by atoms with Crippen LogP contribution in [0.25, 0.3) is 0 Å². The average Bonchev–Trinajstić information content (AvgIpc) is 2.59. The third-order valence-corrected chi connectivity index (χ3v) is 3.49. The summed E-state index contributed by atoms with van der Waals surface area (Å²) in [6.45, 7) is 3.07. The largest absolute Gasteiger partial charge is 0.380 e. The lowest BCUT2D eigenvalue weighted by Gasteiger charge is -2.22. The maximum absolute atomic E-state index is 11.9. The molecule has 1 N–H and O–H groups in total. The van der Waals surface area contributed by atoms with E-state index >= 15 is 0 Å². The van der Waals surface area contributed by atoms with Crippen molar-refractivity contribution in [3.05, 3.63) is 0 Å². The number of ether oxygens (including phenoxy) is 1. The highest BCUT2D eigenvalue weighted by atomic mass is 32.2. The monoisotopic (exact) mass is 216 g/mol. The fraction of sp³-hybridized carbons (Fsp3) is 0.889. The summed E-state index contributed by atoms with van der Waals surface area (Å²) in [6, 6.07) is 0.0399. The molecule has 0 aromatic heterocycles. The number of thioether (sulfide) groups is 1. The van der Waals surface area contributed by atoms with Gasteiger partial charge in [0.05, 0.1) is 12.6 Å². The van der Waals surface area contributed by atoms with Gasteiger partial charge in [-0.1, -0.05) is 0 Å². The molecule has 2 rings (SSSR count). The Kier molecular flexibility index (Phi) is 3.67. The van der Waals surface area contributed by atoms with Crippen LogP contribution in [0.3, 0.4) is 0 Å². The van der Waals surface area contributed by atoms with Crippen LogP contribution in [-0.4, -0.2) is 54.8 Å². The van der Waals surface area contributed by atoms with Crippen LogP contribution in [-0.2, 0) is 9.53 Å². The van der Waals surface area contributed by atoms with E-state index in [1.54, 1.807) is 11.8 Å². The molecule has 2 fully saturated rings. The first-order chi connectivity index (χ1) is 6.88. The highest BCUT2D eigenvalue weighted by molar-refractivity contribution is 7.99. The number of rotatable bonds is 1. The fourth-order valence-corrected chi connectivity index (χ4v) is 2.67. The topological polar surface area (TPSA) is 41.6 Å². The molecule has 1 unspecified atom stereocenters. The molecule has 0 saturated carbocycles. The maximum Gasteiger partial charge on any atom is 0.240 e. The van der Waals surface area contributed by atoms with E-state index in [4.69, 9.17) is 4.74 Å². The van der Waals surface area contributed by atoms with Crippen LogP contribution in [0.4, 0.5) is 0 Å². The predicted molar refractivity (Wildman–Crippen MR) is 56.3 cm³/mol. The van der Waals surface area contributed by atoms with Crippen LogP contribution in [0.2, 0.25) is 0 Å². The maximum atomic E-state index is 11.9. The molecule has 4 nitrogen and oxygen atoms in total. The summed E-state index contributed by atoms with van der Waals surface area (Å²) in [4.78, 5) is 13.9. The van der Waals surface area contributed by atoms with Crippen LogP contribution >= 0.6 is 11.8 Å². The molecule has 2 aliphatic rings. The normalized spacial score (nSPS) is 28.9. The van der Waals surface area contributed by atoms with Gasteiger partial charge in [-0.05, 0) is 6.42 Å². The molecule has 2 heterocycles. The molecule has 1 atom stereocenters. The number of nitrogens with one attached hydrogen (secondary N) is 1. The Balaban J connectivity index is 1.88. The Labute approximate surface area is 88.4 Å². The molecule has 0 radical (unpaired) electrons. The second kappa shape index (κ2) is 5.00. The minimum atomic E-state index is 0.0399. The molecule has 80 valence electrons. The summed E-state index contributed by atoms with van der Waals surface area (Å²) in [5.41, 5.74) is 0. The molecule has 2 aliphatic heterocycles. The van der Waals surface area contributed by atoms with Gasteiger partial charge in [0.1, 0.15) is 0 Å². The second-order valence-corrected chi connectivity index (χ2v) is 4.59. The minimum absolute atomic E-state index is 0.0399. The Morgan fingerprint density at radius 1 is 1.43 bits per heavy atom. The number of carbonyl (C=O) groups excluding carboxylic acids is 1. The van der Waals surface area contributed by atoms with Crippen molar-refractivity contribution in [3.63, 3.8) is 0 Å². The zero-order valence-corrected chi connectivity index (χ0v) is 9.02. The van der Waals surface area contributed by atoms with Gasteiger partial charge in [-0.2, -0.15) is 0 Å². The Bertz CT molecular complexity index is 199. The number of carbonyl (C=O) groups is 1. The van der Waals surface area contributed by atoms with Gasteiger partial charge in [-0.15, -0.1) is 11.8 Å². The summed E-state index contributed by atoms with van der Waals surface area (Å²) in [6.07, 6.45) is 0.964. The molecule has 0 aliphatic carbocycles. The van der Waals surface area contributed by atoms with Crippen molar-refractivity contribution in [1.29, 1.82) is 0 Å². The van der Waals surface area contributed by atoms with Gasteiger partial charge in [-0.25, -0.2) is 0 Å². The summed E-state index contributed by atoms with van der Waals surface area (Å²) >= 11 is 1.79. The van der Waals surface area contributed by atoms with Crippen molar-refractivity contribution in [2.24, 2.45) is 0 Å². The molecule has 2 saturated heterocycles. The summed E-state index contributed by atoms with van der Waals surface area (Å²) < 4.78 is 5.32. The van der Waals surface area contributed by atoms with E-state index in [1.165, 1.54) is 0 Å². The first-order valence-electron chi connectivity index (χ1n) is 5.05. The fourth-order valence-electron chi connectivity index (χ4n) is 1.74. The molecule has 0 spiro atoms. The standard InChI is InChI=1S/C9H16N2O2S/c12-9(8-6-14-7-10-8)11-2-1-4-13-5-3-11/h8,10H,1-7H2. The Hall–Kier alpha value is -0.260. The lowest BCUT2D eigenvalue weighted by molar-refractivity contribution is -0.132. The van der Waals surface area contributed by atoms with E-state index < -0.39 is 0 Å². The third kappa shape index (κ3) is 2.40. The highest BCUT2D eigenvalue weighted by Gasteiger charge is 2.27. The van der Waals surface area contributed by atoms with Crippen LogP contribution in [0.15, 0.2) is 0 Å². The van der Waals surface area contributed by atoms with Crippen LogP contribution < -0.4 is 5.32 Å². The summed E-state index contributed by atoms with van der Waals surface area (Å²) in [7, 11) is 0. The van der Waals surface area contributed by atoms with Crippen LogP contribution in [0, 0.1) is 0 Å². The molecular weight excluding hydrogens is 200 g/mol. The van der Waals surface area contributed by atoms with Gasteiger partial charge in [0.2, 0.25) is 5.91 Å². The van der Waals surface area contributed by atoms with Crippen LogP contribution in [0.5, 0.6) is 0 Å². The van der Waals surface area contributed by atoms with E-state index in [0.29, 0.717) is 6.61 Å². The average molecular weight is 216 g/mol. The minimum Gasteiger partial charge on any atom is -0.380 e. The zero-order chi connectivity index (χ0) is 9.80. The molecule has 0 aromatic rings. The van der Waals surface area contributed by atoms with Crippen LogP contribution in [0.1, 0.15) is 6.42 Å². The van der Waals surface area contributed by atoms with E-state index in [9.17, 15) is 4.79 Å². The molecule has 14 heavy (non-hydrogen) atoms. The SMILES string of the molecule is O=C(C1CSCN1)N1CCCOCC1. The molecule has 0 bridgehead atoms. The van der Waals surface area contributed by atoms with Crippen molar-refractivity contribution < 1.29 is 9.53 Å². The van der Waals surface area contributed by atoms with E-state index in [-0.39, 0.29) is 11.9 Å². The molecule has 1 amide bonds. The Morgan fingerprint density at radius 2 is 2.36 bits per heavy atom. The quantitative estimate of drug-likeness (QED) is 0.664. The lowest BCUT2D eigenvalue weighted by atomic mass is 10.2. The zero-order valence-electron chi connectivity index (χ0n) is 8.20. The number of nitrogens with zero attached hydrogens (tertiary/aromatic N) is 1. The summed E-state index contributed by atoms with van der Waals surface area (Å²) in [5.74, 6) is 2.07. The smallest absolute Gasteiger partial charge is 0.240 e. The van der Waals surface area contributed by atoms with Crippen molar-refractivity contribution in [2.45, 2.75) is 12.5 Å². The van der Waals surface area contributed by atoms with Gasteiger partial charge in [0, 0.05) is 31.3 Å². The van der Waals surface area contributed by atoms with Crippen molar-refractivity contribution in [2.75, 3.05) is 37.9 Å². The van der Waals surface area contributed by atoms with E-state index in [1.807, 2.05) is 4.90 Å². The molecule has 0 aromatic carbocycles. The van der Waals surface area contributed by atoms with Crippen molar-refractivity contribution in [1.82, 2.24) is 10.2 Å². The third-order valence-electron chi connectivity index (χ3n) is 2.55. The lowest BCUT2D eigenvalue weighted by Crippen LogP contribution is -2.45. The van der Waals surface area contributed by atoms with Gasteiger partial charge in [-0.3, -0.25) is 10.1 Å². The van der Waals surface area contributed by atoms with Gasteiger partial charge in [0.15, 0.2) is 0 Å². The number of amides is 1. The van der Waals surface area contributed by atoms with Crippen molar-refractivity contribution >= 4 is 17.7 Å². The Morgan fingerprint density at radius 3 is 3.14 bits per heavy atom. The second-order valence-electron chi connectivity index (χ2n) is 3.56. The first kappa shape index (κ1) is 10.3. The van der Waals surface area contributed by atoms with E-state index in [0.717, 1.165) is 37.7 Å². The molecular formula is C9H16N2O2S. The van der Waals surface area contributed by atoms with Crippen molar-refractivity contribution in [3.8, 4) is 0 Å². The van der Waals surface area contributed by atoms with Gasteiger partial charge >= 0.3 is 0 Å². The van der Waals surface area contributed by atoms with E-state index in [2.05, 4.69) is 5.32 Å².